The Morgan fingerprint density at radius 1 is 0.333 bits per heavy atom. The summed E-state index contributed by atoms with van der Waals surface area (Å²) in [7, 11) is 0. The zero-order chi connectivity index (χ0) is 43.0. The molecule has 0 radical (unpaired) electrons. The van der Waals surface area contributed by atoms with E-state index in [1.807, 2.05) is 47.0 Å². The fraction of sp³-hybridized carbons (Fsp3) is 0.640. The first-order valence-electron chi connectivity index (χ1n) is 23.6. The largest absolute Gasteiger partial charge is 0.488 e. The van der Waals surface area contributed by atoms with Gasteiger partial charge in [0, 0.05) is 19.6 Å². The Balaban J connectivity index is 1.82. The predicted molar refractivity (Wildman–Crippen MR) is 278 cm³/mol. The second-order valence-corrected chi connectivity index (χ2v) is 22.8. The fourth-order valence-electron chi connectivity index (χ4n) is 6.84. The lowest BCUT2D eigenvalue weighted by atomic mass is 10.2. The molecule has 0 atom stereocenters. The van der Waals surface area contributed by atoms with Gasteiger partial charge in [0.1, 0.15) is 0 Å². The van der Waals surface area contributed by atoms with E-state index in [1.165, 1.54) is 34.2 Å². The normalized spacial score (nSPS) is 14.4. The molecule has 2 aromatic heterocycles. The maximum absolute atomic E-state index is 6.76. The molecular formula is C50H76O4S6. The summed E-state index contributed by atoms with van der Waals surface area (Å²) >= 11 is 11.5. The van der Waals surface area contributed by atoms with E-state index < -0.39 is 0 Å². The van der Waals surface area contributed by atoms with Crippen molar-refractivity contribution in [3.63, 3.8) is 0 Å². The maximum Gasteiger partial charge on any atom is 0.179 e. The number of hydrogen-bond donors (Lipinski definition) is 0. The average molecular weight is 934 g/mol. The van der Waals surface area contributed by atoms with Crippen LogP contribution in [0.15, 0.2) is 28.1 Å². The van der Waals surface area contributed by atoms with Crippen molar-refractivity contribution in [2.45, 2.75) is 184 Å². The van der Waals surface area contributed by atoms with Crippen molar-refractivity contribution in [2.75, 3.05) is 26.4 Å². The van der Waals surface area contributed by atoms with E-state index in [9.17, 15) is 0 Å². The van der Waals surface area contributed by atoms with Gasteiger partial charge >= 0.3 is 0 Å². The number of allylic oxidation sites excluding steroid dienone is 4. The number of rotatable bonds is 32. The zero-order valence-corrected chi connectivity index (χ0v) is 43.3. The minimum absolute atomic E-state index is 0.681. The molecule has 60 heavy (non-hydrogen) atoms. The van der Waals surface area contributed by atoms with Gasteiger partial charge in [-0.15, -0.1) is 22.7 Å². The van der Waals surface area contributed by atoms with E-state index in [-0.39, 0.29) is 0 Å². The van der Waals surface area contributed by atoms with Crippen molar-refractivity contribution >= 4 is 94.0 Å². The van der Waals surface area contributed by atoms with Gasteiger partial charge < -0.3 is 18.9 Å². The van der Waals surface area contributed by atoms with E-state index in [4.69, 9.17) is 18.9 Å². The summed E-state index contributed by atoms with van der Waals surface area (Å²) in [5.74, 6) is 3.58. The molecule has 2 aromatic rings. The molecule has 2 aliphatic heterocycles. The molecule has 336 valence electrons. The van der Waals surface area contributed by atoms with Crippen LogP contribution in [0.25, 0.3) is 24.3 Å². The first-order chi connectivity index (χ1) is 29.4. The van der Waals surface area contributed by atoms with E-state index >= 15 is 0 Å². The Bertz CT molecular complexity index is 1560. The molecule has 0 aliphatic carbocycles. The number of unbranched alkanes of at least 4 members (excludes halogenated alkanes) is 8. The minimum atomic E-state index is 0.681. The van der Waals surface area contributed by atoms with Crippen LogP contribution in [0.3, 0.4) is 0 Å². The van der Waals surface area contributed by atoms with Crippen molar-refractivity contribution in [1.29, 1.82) is 0 Å². The Kier molecular flexibility index (Phi) is 25.6. The summed E-state index contributed by atoms with van der Waals surface area (Å²) in [6.45, 7) is 20.9. The van der Waals surface area contributed by atoms with Gasteiger partial charge in [-0.1, -0.05) is 179 Å². The van der Waals surface area contributed by atoms with Crippen LogP contribution in [0.4, 0.5) is 0 Å². The van der Waals surface area contributed by atoms with Crippen molar-refractivity contribution in [3.8, 4) is 23.0 Å². The summed E-state index contributed by atoms with van der Waals surface area (Å²) in [6, 6.07) is 0. The highest BCUT2D eigenvalue weighted by atomic mass is 32.2. The molecule has 4 rings (SSSR count). The molecule has 0 fully saturated rings. The highest BCUT2D eigenvalue weighted by Gasteiger charge is 2.26. The Morgan fingerprint density at radius 3 is 0.850 bits per heavy atom. The SMILES string of the molecule is CCCCCOc1c(C=C2SC(CCC)=C(CCC)S2)sc(/C=C/c2sc(C=C3SC(CCC)=C(CCC)S3)c(OCCCCC)c2OCCCCC)c1OCCCCC. The van der Waals surface area contributed by atoms with Crippen LogP contribution in [0.1, 0.15) is 203 Å². The molecule has 0 N–H and O–H groups in total. The lowest BCUT2D eigenvalue weighted by Gasteiger charge is -2.12. The molecule has 0 aromatic carbocycles. The molecule has 4 heterocycles. The molecular weight excluding hydrogens is 857 g/mol. The van der Waals surface area contributed by atoms with Gasteiger partial charge in [-0.2, -0.15) is 0 Å². The van der Waals surface area contributed by atoms with Gasteiger partial charge in [0.2, 0.25) is 0 Å². The standard InChI is InChI=1S/C50H76O4S6/c1-9-17-21-31-51-47-41(55-43(49(47)53-33-23-19-11-3)35-45-57-37(25-13-5)38(58-45)26-14-6)29-30-42-48(52-32-22-18-10-2)50(54-34-24-20-12-4)44(56-42)36-46-59-39(27-15-7)40(60-46)28-16-8/h29-30,35-36H,9-28,31-34H2,1-8H3/b30-29+. The Labute approximate surface area is 391 Å². The first kappa shape index (κ1) is 51.3. The van der Waals surface area contributed by atoms with Crippen molar-refractivity contribution in [2.24, 2.45) is 0 Å². The Hall–Kier alpha value is -1.30. The number of thioether (sulfide) groups is 4. The van der Waals surface area contributed by atoms with Gasteiger partial charge in [0.25, 0.3) is 0 Å². The first-order valence-corrected chi connectivity index (χ1v) is 28.5. The smallest absolute Gasteiger partial charge is 0.179 e. The summed E-state index contributed by atoms with van der Waals surface area (Å²) in [4.78, 5) is 10.7. The van der Waals surface area contributed by atoms with Crippen molar-refractivity contribution < 1.29 is 18.9 Å². The van der Waals surface area contributed by atoms with Crippen LogP contribution in [0, 0.1) is 0 Å². The molecule has 0 bridgehead atoms. The maximum atomic E-state index is 6.76. The third-order valence-electron chi connectivity index (χ3n) is 10.0. The van der Waals surface area contributed by atoms with Crippen LogP contribution in [-0.4, -0.2) is 26.4 Å². The van der Waals surface area contributed by atoms with Gasteiger partial charge in [-0.3, -0.25) is 0 Å². The van der Waals surface area contributed by atoms with Gasteiger partial charge in [0.15, 0.2) is 23.0 Å². The van der Waals surface area contributed by atoms with Crippen molar-refractivity contribution in [3.05, 3.63) is 47.6 Å². The highest BCUT2D eigenvalue weighted by molar-refractivity contribution is 8.29. The zero-order valence-electron chi connectivity index (χ0n) is 38.4. The molecule has 2 aliphatic rings. The number of thiophene rings is 2. The molecule has 0 unspecified atom stereocenters. The summed E-state index contributed by atoms with van der Waals surface area (Å²) in [5.41, 5.74) is 0. The number of hydrogen-bond acceptors (Lipinski definition) is 10. The second kappa shape index (κ2) is 29.9. The quantitative estimate of drug-likeness (QED) is 0.0672. The van der Waals surface area contributed by atoms with Gasteiger partial charge in [0.05, 0.1) is 54.4 Å². The van der Waals surface area contributed by atoms with Crippen LogP contribution in [0.2, 0.25) is 0 Å². The predicted octanol–water partition coefficient (Wildman–Crippen LogP) is 19.4. The summed E-state index contributed by atoms with van der Waals surface area (Å²) in [6.07, 6.45) is 32.0. The van der Waals surface area contributed by atoms with E-state index in [2.05, 4.69) is 79.7 Å². The monoisotopic (exact) mass is 932 g/mol. The summed E-state index contributed by atoms with van der Waals surface area (Å²) < 4.78 is 29.7. The highest BCUT2D eigenvalue weighted by Crippen LogP contribution is 2.56. The third kappa shape index (κ3) is 16.4. The lowest BCUT2D eigenvalue weighted by molar-refractivity contribution is 0.261. The van der Waals surface area contributed by atoms with Gasteiger partial charge in [-0.25, -0.2) is 0 Å². The average Bonchev–Trinajstić information content (AvgIpc) is 3.98. The molecule has 4 nitrogen and oxygen atoms in total. The second-order valence-electron chi connectivity index (χ2n) is 15.6. The molecule has 0 saturated heterocycles. The van der Waals surface area contributed by atoms with E-state index in [1.54, 1.807) is 42.3 Å². The Morgan fingerprint density at radius 2 is 0.600 bits per heavy atom. The number of ether oxygens (including phenoxy) is 4. The van der Waals surface area contributed by atoms with E-state index in [0.29, 0.717) is 26.4 Å². The molecule has 10 heteroatoms. The molecule has 0 amide bonds. The van der Waals surface area contributed by atoms with Crippen molar-refractivity contribution in [1.82, 2.24) is 0 Å². The minimum Gasteiger partial charge on any atom is -0.488 e. The lowest BCUT2D eigenvalue weighted by Crippen LogP contribution is -2.02. The van der Waals surface area contributed by atoms with Crippen LogP contribution < -0.4 is 18.9 Å². The topological polar surface area (TPSA) is 36.9 Å². The van der Waals surface area contributed by atoms with Crippen LogP contribution in [0.5, 0.6) is 23.0 Å². The molecule has 0 saturated carbocycles. The molecule has 0 spiro atoms. The summed E-state index contributed by atoms with van der Waals surface area (Å²) in [5, 5.41) is 0. The van der Waals surface area contributed by atoms with E-state index in [0.717, 1.165) is 145 Å². The third-order valence-corrected chi connectivity index (χ3v) is 17.5. The van der Waals surface area contributed by atoms with Crippen LogP contribution >= 0.6 is 69.7 Å². The van der Waals surface area contributed by atoms with Gasteiger partial charge in [-0.05, 0) is 75.7 Å². The van der Waals surface area contributed by atoms with Crippen LogP contribution in [-0.2, 0) is 0 Å². The fourth-order valence-corrected chi connectivity index (χ4v) is 15.0.